The number of nitrogens with one attached hydrogen (secondary N) is 1. The Labute approximate surface area is 181 Å². The van der Waals surface area contributed by atoms with Gasteiger partial charge in [-0.05, 0) is 55.0 Å². The fourth-order valence-electron chi connectivity index (χ4n) is 2.87. The quantitative estimate of drug-likeness (QED) is 0.439. The highest BCUT2D eigenvalue weighted by molar-refractivity contribution is 9.10. The Morgan fingerprint density at radius 3 is 2.77 bits per heavy atom. The van der Waals surface area contributed by atoms with Crippen LogP contribution in [0.2, 0.25) is 0 Å². The molecule has 0 atom stereocenters. The van der Waals surface area contributed by atoms with Crippen molar-refractivity contribution in [3.63, 3.8) is 0 Å². The number of ether oxygens (including phenoxy) is 1. The van der Waals surface area contributed by atoms with Gasteiger partial charge >= 0.3 is 0 Å². The molecule has 0 bridgehead atoms. The number of benzene rings is 2. The third kappa shape index (κ3) is 4.41. The lowest BCUT2D eigenvalue weighted by Gasteiger charge is -2.07. The van der Waals surface area contributed by atoms with Crippen LogP contribution in [0.5, 0.6) is 5.75 Å². The van der Waals surface area contributed by atoms with Crippen LogP contribution in [0.1, 0.15) is 15.9 Å². The summed E-state index contributed by atoms with van der Waals surface area (Å²) in [7, 11) is 1.59. The SMILES string of the molecule is COc1cccc(N=c2oc3ccc(Br)cc3cc2C(=O)Nc2ccc(C)cn2)c1. The van der Waals surface area contributed by atoms with Crippen LogP contribution in [0.4, 0.5) is 11.5 Å². The average molecular weight is 464 g/mol. The summed E-state index contributed by atoms with van der Waals surface area (Å²) in [5, 5.41) is 3.58. The number of amides is 1. The third-order valence-electron chi connectivity index (χ3n) is 4.39. The van der Waals surface area contributed by atoms with Crippen molar-refractivity contribution in [1.82, 2.24) is 4.98 Å². The predicted molar refractivity (Wildman–Crippen MR) is 119 cm³/mol. The summed E-state index contributed by atoms with van der Waals surface area (Å²) in [6.07, 6.45) is 1.69. The molecule has 4 aromatic rings. The van der Waals surface area contributed by atoms with Gasteiger partial charge in [0.05, 0.1) is 12.8 Å². The molecule has 2 heterocycles. The number of aryl methyl sites for hydroxylation is 1. The van der Waals surface area contributed by atoms with Gasteiger partial charge in [-0.2, -0.15) is 0 Å². The first kappa shape index (κ1) is 19.8. The Morgan fingerprint density at radius 2 is 2.00 bits per heavy atom. The number of carbonyl (C=O) groups is 1. The van der Waals surface area contributed by atoms with Crippen molar-refractivity contribution in [1.29, 1.82) is 0 Å². The zero-order valence-electron chi connectivity index (χ0n) is 16.3. The van der Waals surface area contributed by atoms with Crippen LogP contribution in [-0.4, -0.2) is 18.0 Å². The van der Waals surface area contributed by atoms with Crippen molar-refractivity contribution in [3.8, 4) is 5.75 Å². The number of rotatable bonds is 4. The minimum absolute atomic E-state index is 0.197. The largest absolute Gasteiger partial charge is 0.497 e. The van der Waals surface area contributed by atoms with E-state index in [0.29, 0.717) is 28.4 Å². The normalized spacial score (nSPS) is 11.5. The van der Waals surface area contributed by atoms with E-state index >= 15 is 0 Å². The zero-order chi connectivity index (χ0) is 21.1. The van der Waals surface area contributed by atoms with Crippen molar-refractivity contribution in [2.75, 3.05) is 12.4 Å². The number of pyridine rings is 1. The summed E-state index contributed by atoms with van der Waals surface area (Å²) < 4.78 is 12.1. The molecule has 1 amide bonds. The Bertz CT molecular complexity index is 1300. The topological polar surface area (TPSA) is 76.7 Å². The van der Waals surface area contributed by atoms with Crippen LogP contribution >= 0.6 is 15.9 Å². The highest BCUT2D eigenvalue weighted by Gasteiger charge is 2.14. The van der Waals surface area contributed by atoms with Crippen molar-refractivity contribution in [2.45, 2.75) is 6.92 Å². The van der Waals surface area contributed by atoms with E-state index in [0.717, 1.165) is 15.4 Å². The second-order valence-corrected chi connectivity index (χ2v) is 7.55. The number of nitrogens with zero attached hydrogens (tertiary/aromatic N) is 2. The summed E-state index contributed by atoms with van der Waals surface area (Å²) in [6, 6.07) is 18.2. The standard InChI is InChI=1S/C23H18BrN3O3/c1-14-6-9-21(25-13-14)27-22(28)19-11-15-10-16(24)7-8-20(15)30-23(19)26-17-4-3-5-18(12-17)29-2/h3-13H,1-2H3,(H,25,27,28). The van der Waals surface area contributed by atoms with Gasteiger partial charge in [0.1, 0.15) is 22.7 Å². The first-order chi connectivity index (χ1) is 14.5. The third-order valence-corrected chi connectivity index (χ3v) is 4.88. The van der Waals surface area contributed by atoms with E-state index < -0.39 is 0 Å². The predicted octanol–water partition coefficient (Wildman–Crippen LogP) is 5.39. The summed E-state index contributed by atoms with van der Waals surface area (Å²) in [4.78, 5) is 21.9. The van der Waals surface area contributed by atoms with E-state index in [1.54, 1.807) is 31.5 Å². The van der Waals surface area contributed by atoms with Gasteiger partial charge in [0.25, 0.3) is 5.91 Å². The first-order valence-corrected chi connectivity index (χ1v) is 9.97. The van der Waals surface area contributed by atoms with Crippen molar-refractivity contribution < 1.29 is 13.9 Å². The number of halogens is 1. The smallest absolute Gasteiger partial charge is 0.262 e. The summed E-state index contributed by atoms with van der Waals surface area (Å²) in [5.74, 6) is 0.752. The maximum Gasteiger partial charge on any atom is 0.262 e. The van der Waals surface area contributed by atoms with E-state index in [9.17, 15) is 4.79 Å². The maximum absolute atomic E-state index is 13.1. The van der Waals surface area contributed by atoms with Gasteiger partial charge in [-0.15, -0.1) is 0 Å². The Balaban J connectivity index is 1.84. The number of anilines is 1. The minimum atomic E-state index is -0.362. The number of hydrogen-bond donors (Lipinski definition) is 1. The molecule has 0 aliphatic heterocycles. The highest BCUT2D eigenvalue weighted by Crippen LogP contribution is 2.22. The average Bonchev–Trinajstić information content (AvgIpc) is 2.75. The molecule has 0 radical (unpaired) electrons. The Kier molecular flexibility index (Phi) is 5.63. The number of carbonyl (C=O) groups excluding carboxylic acids is 1. The first-order valence-electron chi connectivity index (χ1n) is 9.18. The van der Waals surface area contributed by atoms with Gasteiger partial charge in [0.2, 0.25) is 5.55 Å². The number of methoxy groups -OCH3 is 1. The molecule has 2 aromatic heterocycles. The fraction of sp³-hybridized carbons (Fsp3) is 0.0870. The van der Waals surface area contributed by atoms with Crippen LogP contribution in [0.3, 0.4) is 0 Å². The van der Waals surface area contributed by atoms with E-state index in [1.165, 1.54) is 0 Å². The molecule has 0 aliphatic carbocycles. The molecule has 0 spiro atoms. The van der Waals surface area contributed by atoms with Gasteiger partial charge in [0.15, 0.2) is 0 Å². The molecule has 2 aromatic carbocycles. The fourth-order valence-corrected chi connectivity index (χ4v) is 3.25. The Morgan fingerprint density at radius 1 is 1.13 bits per heavy atom. The molecule has 7 heteroatoms. The molecule has 1 N–H and O–H groups in total. The second kappa shape index (κ2) is 8.51. The summed E-state index contributed by atoms with van der Waals surface area (Å²) >= 11 is 3.45. The van der Waals surface area contributed by atoms with Gasteiger partial charge in [0, 0.05) is 22.1 Å². The van der Waals surface area contributed by atoms with Crippen LogP contribution in [0.15, 0.2) is 80.7 Å². The zero-order valence-corrected chi connectivity index (χ0v) is 17.9. The van der Waals surface area contributed by atoms with Crippen LogP contribution in [0.25, 0.3) is 11.0 Å². The van der Waals surface area contributed by atoms with Crippen LogP contribution in [0, 0.1) is 6.92 Å². The molecule has 0 saturated carbocycles. The summed E-state index contributed by atoms with van der Waals surface area (Å²) in [5.41, 5.74) is 2.72. The molecule has 0 aliphatic rings. The monoisotopic (exact) mass is 463 g/mol. The maximum atomic E-state index is 13.1. The second-order valence-electron chi connectivity index (χ2n) is 6.64. The molecule has 0 saturated heterocycles. The van der Waals surface area contributed by atoms with Crippen molar-refractivity contribution >= 4 is 44.3 Å². The number of fused-ring (bicyclic) bond motifs is 1. The summed E-state index contributed by atoms with van der Waals surface area (Å²) in [6.45, 7) is 1.93. The highest BCUT2D eigenvalue weighted by atomic mass is 79.9. The molecule has 0 unspecified atom stereocenters. The van der Waals surface area contributed by atoms with E-state index in [-0.39, 0.29) is 11.5 Å². The Hall–Kier alpha value is -3.45. The van der Waals surface area contributed by atoms with E-state index in [4.69, 9.17) is 9.15 Å². The number of aromatic nitrogens is 1. The number of hydrogen-bond acceptors (Lipinski definition) is 5. The van der Waals surface area contributed by atoms with Gasteiger partial charge in [-0.3, -0.25) is 4.79 Å². The van der Waals surface area contributed by atoms with Gasteiger partial charge in [-0.1, -0.05) is 28.1 Å². The van der Waals surface area contributed by atoms with E-state index in [2.05, 4.69) is 31.2 Å². The molecular formula is C23H18BrN3O3. The minimum Gasteiger partial charge on any atom is -0.497 e. The molecule has 0 fully saturated rings. The lowest BCUT2D eigenvalue weighted by atomic mass is 10.1. The van der Waals surface area contributed by atoms with Crippen LogP contribution in [-0.2, 0) is 0 Å². The molecular weight excluding hydrogens is 446 g/mol. The molecule has 150 valence electrons. The molecule has 4 rings (SSSR count). The van der Waals surface area contributed by atoms with Crippen LogP contribution < -0.4 is 15.6 Å². The van der Waals surface area contributed by atoms with Gasteiger partial charge < -0.3 is 14.5 Å². The van der Waals surface area contributed by atoms with Gasteiger partial charge in [-0.25, -0.2) is 9.98 Å². The lowest BCUT2D eigenvalue weighted by Crippen LogP contribution is -2.22. The molecule has 30 heavy (non-hydrogen) atoms. The lowest BCUT2D eigenvalue weighted by molar-refractivity contribution is 0.102. The molecule has 6 nitrogen and oxygen atoms in total. The van der Waals surface area contributed by atoms with Crippen molar-refractivity contribution in [2.24, 2.45) is 4.99 Å². The van der Waals surface area contributed by atoms with E-state index in [1.807, 2.05) is 49.4 Å². The van der Waals surface area contributed by atoms with Crippen molar-refractivity contribution in [3.05, 3.63) is 88.0 Å².